The van der Waals surface area contributed by atoms with Crippen LogP contribution in [0, 0.1) is 5.92 Å². The molecule has 0 spiro atoms. The molecule has 1 fully saturated rings. The molecule has 1 aliphatic rings. The summed E-state index contributed by atoms with van der Waals surface area (Å²) >= 11 is 0. The largest absolute Gasteiger partial charge is 0.381 e. The van der Waals surface area contributed by atoms with Gasteiger partial charge in [-0.3, -0.25) is 9.48 Å². The predicted molar refractivity (Wildman–Crippen MR) is 60.3 cm³/mol. The van der Waals surface area contributed by atoms with Gasteiger partial charge < -0.3 is 15.8 Å². The quantitative estimate of drug-likeness (QED) is 0.687. The average molecular weight is 239 g/mol. The Labute approximate surface area is 99.3 Å². The molecular formula is C10H17N5O2. The highest BCUT2D eigenvalue weighted by Gasteiger charge is 2.17. The normalized spacial score (nSPS) is 19.5. The van der Waals surface area contributed by atoms with Crippen LogP contribution in [0.2, 0.25) is 0 Å². The second-order valence-corrected chi connectivity index (χ2v) is 4.10. The molecule has 7 nitrogen and oxygen atoms in total. The lowest BCUT2D eigenvalue weighted by Gasteiger charge is -2.07. The average Bonchev–Trinajstić information content (AvgIpc) is 2.97. The molecule has 3 N–H and O–H groups in total. The highest BCUT2D eigenvalue weighted by molar-refractivity contribution is 5.91. The second kappa shape index (κ2) is 5.74. The van der Waals surface area contributed by atoms with Crippen LogP contribution in [0.25, 0.3) is 0 Å². The summed E-state index contributed by atoms with van der Waals surface area (Å²) in [6.45, 7) is 3.18. The van der Waals surface area contributed by atoms with Crippen molar-refractivity contribution < 1.29 is 9.53 Å². The van der Waals surface area contributed by atoms with Crippen LogP contribution in [0.3, 0.4) is 0 Å². The van der Waals surface area contributed by atoms with Gasteiger partial charge in [-0.2, -0.15) is 0 Å². The maximum absolute atomic E-state index is 11.7. The predicted octanol–water partition coefficient (Wildman–Crippen LogP) is -0.997. The highest BCUT2D eigenvalue weighted by atomic mass is 16.5. The minimum Gasteiger partial charge on any atom is -0.381 e. The molecule has 1 aliphatic heterocycles. The Hall–Kier alpha value is -1.47. The number of hydrogen-bond acceptors (Lipinski definition) is 5. The van der Waals surface area contributed by atoms with E-state index < -0.39 is 0 Å². The van der Waals surface area contributed by atoms with Gasteiger partial charge in [0.05, 0.1) is 19.3 Å². The highest BCUT2D eigenvalue weighted by Crippen LogP contribution is 2.10. The Morgan fingerprint density at radius 2 is 2.59 bits per heavy atom. The summed E-state index contributed by atoms with van der Waals surface area (Å²) in [7, 11) is 0. The molecule has 0 saturated carbocycles. The van der Waals surface area contributed by atoms with Crippen LogP contribution in [-0.4, -0.2) is 47.2 Å². The van der Waals surface area contributed by atoms with Gasteiger partial charge in [-0.25, -0.2) is 0 Å². The first-order valence-electron chi connectivity index (χ1n) is 5.75. The van der Waals surface area contributed by atoms with Gasteiger partial charge in [0.1, 0.15) is 0 Å². The SMILES string of the molecule is NCCn1cc(C(=O)NCC2CCOC2)nn1. The first-order chi connectivity index (χ1) is 8.29. The van der Waals surface area contributed by atoms with E-state index in [0.717, 1.165) is 19.6 Å². The van der Waals surface area contributed by atoms with E-state index in [-0.39, 0.29) is 5.91 Å². The number of carbonyl (C=O) groups excluding carboxylic acids is 1. The number of nitrogens with two attached hydrogens (primary N) is 1. The number of rotatable bonds is 5. The van der Waals surface area contributed by atoms with E-state index in [2.05, 4.69) is 15.6 Å². The summed E-state index contributed by atoms with van der Waals surface area (Å²) in [5.41, 5.74) is 5.72. The van der Waals surface area contributed by atoms with Gasteiger partial charge in [-0.15, -0.1) is 5.10 Å². The van der Waals surface area contributed by atoms with Gasteiger partial charge >= 0.3 is 0 Å². The van der Waals surface area contributed by atoms with E-state index >= 15 is 0 Å². The van der Waals surface area contributed by atoms with Crippen LogP contribution in [0.15, 0.2) is 6.20 Å². The molecule has 1 amide bonds. The van der Waals surface area contributed by atoms with Crippen molar-refractivity contribution in [1.82, 2.24) is 20.3 Å². The number of nitrogens with one attached hydrogen (secondary N) is 1. The number of hydrogen-bond donors (Lipinski definition) is 2. The van der Waals surface area contributed by atoms with Crippen molar-refractivity contribution in [1.29, 1.82) is 0 Å². The fourth-order valence-electron chi connectivity index (χ4n) is 1.72. The lowest BCUT2D eigenvalue weighted by molar-refractivity contribution is 0.0940. The molecule has 0 radical (unpaired) electrons. The third kappa shape index (κ3) is 3.24. The number of nitrogens with zero attached hydrogens (tertiary/aromatic N) is 3. The van der Waals surface area contributed by atoms with E-state index in [1.807, 2.05) is 0 Å². The molecule has 0 aliphatic carbocycles. The van der Waals surface area contributed by atoms with Crippen LogP contribution in [0.5, 0.6) is 0 Å². The maximum Gasteiger partial charge on any atom is 0.273 e. The fourth-order valence-corrected chi connectivity index (χ4v) is 1.72. The van der Waals surface area contributed by atoms with Gasteiger partial charge in [-0.1, -0.05) is 5.21 Å². The minimum atomic E-state index is -0.194. The van der Waals surface area contributed by atoms with Crippen molar-refractivity contribution in [2.45, 2.75) is 13.0 Å². The number of amides is 1. The zero-order valence-electron chi connectivity index (χ0n) is 9.63. The van der Waals surface area contributed by atoms with Crippen molar-refractivity contribution in [2.24, 2.45) is 11.7 Å². The second-order valence-electron chi connectivity index (χ2n) is 4.10. The van der Waals surface area contributed by atoms with Crippen LogP contribution in [0.1, 0.15) is 16.9 Å². The molecule has 0 aromatic carbocycles. The third-order valence-electron chi connectivity index (χ3n) is 2.70. The summed E-state index contributed by atoms with van der Waals surface area (Å²) in [5, 5.41) is 10.4. The lowest BCUT2D eigenvalue weighted by Crippen LogP contribution is -2.29. The summed E-state index contributed by atoms with van der Waals surface area (Å²) in [5.74, 6) is 0.221. The summed E-state index contributed by atoms with van der Waals surface area (Å²) < 4.78 is 6.80. The Morgan fingerprint density at radius 3 is 3.29 bits per heavy atom. The molecular weight excluding hydrogens is 222 g/mol. The monoisotopic (exact) mass is 239 g/mol. The zero-order chi connectivity index (χ0) is 12.1. The number of ether oxygens (including phenoxy) is 1. The lowest BCUT2D eigenvalue weighted by atomic mass is 10.1. The molecule has 1 aromatic heterocycles. The maximum atomic E-state index is 11.7. The van der Waals surface area contributed by atoms with Crippen molar-refractivity contribution in [2.75, 3.05) is 26.3 Å². The Balaban J connectivity index is 1.81. The van der Waals surface area contributed by atoms with Gasteiger partial charge in [0.2, 0.25) is 0 Å². The summed E-state index contributed by atoms with van der Waals surface area (Å²) in [6.07, 6.45) is 2.60. The van der Waals surface area contributed by atoms with Crippen molar-refractivity contribution in [3.05, 3.63) is 11.9 Å². The minimum absolute atomic E-state index is 0.194. The van der Waals surface area contributed by atoms with Gasteiger partial charge in [0.15, 0.2) is 5.69 Å². The standard InChI is InChI=1S/C10H17N5O2/c11-2-3-15-6-9(13-14-15)10(16)12-5-8-1-4-17-7-8/h6,8H,1-5,7,11H2,(H,12,16). The smallest absolute Gasteiger partial charge is 0.273 e. The Bertz CT molecular complexity index is 373. The molecule has 7 heteroatoms. The van der Waals surface area contributed by atoms with Gasteiger partial charge in [0.25, 0.3) is 5.91 Å². The van der Waals surface area contributed by atoms with Crippen LogP contribution in [-0.2, 0) is 11.3 Å². The molecule has 17 heavy (non-hydrogen) atoms. The van der Waals surface area contributed by atoms with Crippen molar-refractivity contribution in [3.8, 4) is 0 Å². The summed E-state index contributed by atoms with van der Waals surface area (Å²) in [6, 6.07) is 0. The van der Waals surface area contributed by atoms with E-state index in [9.17, 15) is 4.79 Å². The zero-order valence-corrected chi connectivity index (χ0v) is 9.63. The number of carbonyl (C=O) groups is 1. The Kier molecular flexibility index (Phi) is 4.05. The summed E-state index contributed by atoms with van der Waals surface area (Å²) in [4.78, 5) is 11.7. The van der Waals surface area contributed by atoms with E-state index in [1.54, 1.807) is 10.9 Å². The van der Waals surface area contributed by atoms with Crippen LogP contribution in [0.4, 0.5) is 0 Å². The van der Waals surface area contributed by atoms with E-state index in [1.165, 1.54) is 0 Å². The van der Waals surface area contributed by atoms with Crippen molar-refractivity contribution >= 4 is 5.91 Å². The number of aromatic nitrogens is 3. The topological polar surface area (TPSA) is 95.1 Å². The third-order valence-corrected chi connectivity index (χ3v) is 2.70. The molecule has 1 saturated heterocycles. The van der Waals surface area contributed by atoms with Gasteiger partial charge in [0, 0.05) is 25.6 Å². The molecule has 1 atom stereocenters. The fraction of sp³-hybridized carbons (Fsp3) is 0.700. The molecule has 2 rings (SSSR count). The molecule has 1 unspecified atom stereocenters. The first-order valence-corrected chi connectivity index (χ1v) is 5.75. The van der Waals surface area contributed by atoms with E-state index in [0.29, 0.717) is 31.2 Å². The van der Waals surface area contributed by atoms with Crippen LogP contribution >= 0.6 is 0 Å². The molecule has 94 valence electrons. The molecule has 1 aromatic rings. The van der Waals surface area contributed by atoms with Gasteiger partial charge in [-0.05, 0) is 6.42 Å². The van der Waals surface area contributed by atoms with E-state index in [4.69, 9.17) is 10.5 Å². The Morgan fingerprint density at radius 1 is 1.71 bits per heavy atom. The van der Waals surface area contributed by atoms with Crippen LogP contribution < -0.4 is 11.1 Å². The first kappa shape index (κ1) is 12.0. The molecule has 2 heterocycles. The molecule has 0 bridgehead atoms. The van der Waals surface area contributed by atoms with Crippen molar-refractivity contribution in [3.63, 3.8) is 0 Å².